The van der Waals surface area contributed by atoms with Crippen molar-refractivity contribution in [3.8, 4) is 11.1 Å². The summed E-state index contributed by atoms with van der Waals surface area (Å²) >= 11 is 1.58. The third-order valence-corrected chi connectivity index (χ3v) is 4.34. The molecule has 0 fully saturated rings. The summed E-state index contributed by atoms with van der Waals surface area (Å²) in [7, 11) is 0. The molecule has 0 aliphatic heterocycles. The molecule has 0 amide bonds. The van der Waals surface area contributed by atoms with Gasteiger partial charge in [-0.3, -0.25) is 0 Å². The second-order valence-corrected chi connectivity index (χ2v) is 5.83. The molecule has 106 valence electrons. The molecule has 1 heterocycles. The van der Waals surface area contributed by atoms with E-state index in [0.29, 0.717) is 6.54 Å². The quantitative estimate of drug-likeness (QED) is 0.723. The Bertz CT molecular complexity index is 662. The van der Waals surface area contributed by atoms with Crippen molar-refractivity contribution in [1.82, 2.24) is 0 Å². The monoisotopic (exact) mass is 295 g/mol. The van der Waals surface area contributed by atoms with Crippen molar-refractivity contribution in [3.05, 3.63) is 77.0 Å². The van der Waals surface area contributed by atoms with E-state index in [1.54, 1.807) is 11.3 Å². The molecule has 0 bridgehead atoms. The summed E-state index contributed by atoms with van der Waals surface area (Å²) < 4.78 is 0. The van der Waals surface area contributed by atoms with Crippen molar-refractivity contribution in [2.75, 3.05) is 11.9 Å². The lowest BCUT2D eigenvalue weighted by atomic mass is 10.1. The molecule has 3 heteroatoms. The van der Waals surface area contributed by atoms with Crippen LogP contribution in [0.5, 0.6) is 0 Å². The van der Waals surface area contributed by atoms with Crippen LogP contribution in [0.3, 0.4) is 0 Å². The SMILES string of the molecule is OC(CNc1ccc(-c2ccccc2)cc1)c1cccs1. The fourth-order valence-electron chi connectivity index (χ4n) is 2.21. The van der Waals surface area contributed by atoms with Crippen LogP contribution >= 0.6 is 11.3 Å². The van der Waals surface area contributed by atoms with Gasteiger partial charge in [-0.2, -0.15) is 0 Å². The molecule has 1 unspecified atom stereocenters. The first-order valence-electron chi connectivity index (χ1n) is 6.94. The van der Waals surface area contributed by atoms with Gasteiger partial charge in [0.25, 0.3) is 0 Å². The molecule has 2 nitrogen and oxygen atoms in total. The number of rotatable bonds is 5. The van der Waals surface area contributed by atoms with Crippen LogP contribution in [0.4, 0.5) is 5.69 Å². The molecular weight excluding hydrogens is 278 g/mol. The fourth-order valence-corrected chi connectivity index (χ4v) is 2.92. The summed E-state index contributed by atoms with van der Waals surface area (Å²) in [6, 6.07) is 22.5. The fraction of sp³-hybridized carbons (Fsp3) is 0.111. The van der Waals surface area contributed by atoms with E-state index >= 15 is 0 Å². The Kier molecular flexibility index (Phi) is 4.34. The van der Waals surface area contributed by atoms with Gasteiger partial charge in [-0.1, -0.05) is 48.5 Å². The van der Waals surface area contributed by atoms with Crippen LogP contribution in [0.15, 0.2) is 72.1 Å². The van der Waals surface area contributed by atoms with E-state index in [-0.39, 0.29) is 0 Å². The Hall–Kier alpha value is -2.10. The third kappa shape index (κ3) is 3.51. The molecule has 3 aromatic rings. The number of nitrogens with one attached hydrogen (secondary N) is 1. The van der Waals surface area contributed by atoms with E-state index in [2.05, 4.69) is 29.6 Å². The maximum atomic E-state index is 10.1. The standard InChI is InChI=1S/C18H17NOS/c20-17(18-7-4-12-21-18)13-19-16-10-8-15(9-11-16)14-5-2-1-3-6-14/h1-12,17,19-20H,13H2. The Morgan fingerprint density at radius 2 is 1.57 bits per heavy atom. The lowest BCUT2D eigenvalue weighted by molar-refractivity contribution is 0.195. The Morgan fingerprint density at radius 1 is 0.857 bits per heavy atom. The van der Waals surface area contributed by atoms with E-state index in [4.69, 9.17) is 0 Å². The van der Waals surface area contributed by atoms with Crippen LogP contribution in [0.25, 0.3) is 11.1 Å². The van der Waals surface area contributed by atoms with Crippen LogP contribution in [0.2, 0.25) is 0 Å². The number of hydrogen-bond acceptors (Lipinski definition) is 3. The third-order valence-electron chi connectivity index (χ3n) is 3.36. The van der Waals surface area contributed by atoms with Gasteiger partial charge in [-0.05, 0) is 34.7 Å². The van der Waals surface area contributed by atoms with Crippen molar-refractivity contribution >= 4 is 17.0 Å². The van der Waals surface area contributed by atoms with Crippen molar-refractivity contribution in [2.24, 2.45) is 0 Å². The molecular formula is C18H17NOS. The lowest BCUT2D eigenvalue weighted by Crippen LogP contribution is -2.10. The van der Waals surface area contributed by atoms with Crippen LogP contribution in [0, 0.1) is 0 Å². The number of anilines is 1. The molecule has 2 N–H and O–H groups in total. The number of thiophene rings is 1. The molecule has 0 radical (unpaired) electrons. The highest BCUT2D eigenvalue weighted by Crippen LogP contribution is 2.22. The van der Waals surface area contributed by atoms with Gasteiger partial charge >= 0.3 is 0 Å². The highest BCUT2D eigenvalue weighted by atomic mass is 32.1. The minimum Gasteiger partial charge on any atom is -0.386 e. The van der Waals surface area contributed by atoms with Crippen LogP contribution in [-0.4, -0.2) is 11.7 Å². The van der Waals surface area contributed by atoms with Gasteiger partial charge in [-0.15, -0.1) is 11.3 Å². The Labute approximate surface area is 128 Å². The van der Waals surface area contributed by atoms with Crippen molar-refractivity contribution < 1.29 is 5.11 Å². The molecule has 0 aliphatic rings. The average molecular weight is 295 g/mol. The summed E-state index contributed by atoms with van der Waals surface area (Å²) in [6.45, 7) is 0.519. The number of hydrogen-bond donors (Lipinski definition) is 2. The van der Waals surface area contributed by atoms with E-state index in [0.717, 1.165) is 10.6 Å². The molecule has 1 atom stereocenters. The van der Waals surface area contributed by atoms with Crippen LogP contribution < -0.4 is 5.32 Å². The smallest absolute Gasteiger partial charge is 0.105 e. The summed E-state index contributed by atoms with van der Waals surface area (Å²) in [5.74, 6) is 0. The first-order chi connectivity index (χ1) is 10.3. The van der Waals surface area contributed by atoms with E-state index in [1.807, 2.05) is 47.8 Å². The summed E-state index contributed by atoms with van der Waals surface area (Å²) in [6.07, 6.45) is -0.459. The summed E-state index contributed by atoms with van der Waals surface area (Å²) in [5, 5.41) is 15.3. The molecule has 3 rings (SSSR count). The van der Waals surface area contributed by atoms with Gasteiger partial charge in [0.1, 0.15) is 6.10 Å². The van der Waals surface area contributed by atoms with Crippen molar-refractivity contribution in [2.45, 2.75) is 6.10 Å². The second kappa shape index (κ2) is 6.57. The zero-order chi connectivity index (χ0) is 14.5. The Balaban J connectivity index is 1.62. The normalized spacial score (nSPS) is 12.0. The largest absolute Gasteiger partial charge is 0.386 e. The topological polar surface area (TPSA) is 32.3 Å². The predicted molar refractivity (Wildman–Crippen MR) is 89.6 cm³/mol. The first kappa shape index (κ1) is 13.9. The minimum atomic E-state index is -0.459. The van der Waals surface area contributed by atoms with E-state index < -0.39 is 6.10 Å². The van der Waals surface area contributed by atoms with E-state index in [9.17, 15) is 5.11 Å². The van der Waals surface area contributed by atoms with Gasteiger partial charge in [0.05, 0.1) is 0 Å². The van der Waals surface area contributed by atoms with Crippen LogP contribution in [-0.2, 0) is 0 Å². The molecule has 0 saturated heterocycles. The van der Waals surface area contributed by atoms with E-state index in [1.165, 1.54) is 11.1 Å². The number of aliphatic hydroxyl groups is 1. The molecule has 2 aromatic carbocycles. The number of benzene rings is 2. The maximum Gasteiger partial charge on any atom is 0.105 e. The van der Waals surface area contributed by atoms with Gasteiger partial charge in [0.15, 0.2) is 0 Å². The van der Waals surface area contributed by atoms with Gasteiger partial charge < -0.3 is 10.4 Å². The van der Waals surface area contributed by atoms with Gasteiger partial charge in [-0.25, -0.2) is 0 Å². The number of aliphatic hydroxyl groups excluding tert-OH is 1. The van der Waals surface area contributed by atoms with Crippen molar-refractivity contribution in [3.63, 3.8) is 0 Å². The zero-order valence-corrected chi connectivity index (χ0v) is 12.4. The average Bonchev–Trinajstić information content (AvgIpc) is 3.08. The molecule has 0 aliphatic carbocycles. The molecule has 1 aromatic heterocycles. The predicted octanol–water partition coefficient (Wildman–Crippen LogP) is 4.56. The minimum absolute atomic E-state index is 0.459. The molecule has 21 heavy (non-hydrogen) atoms. The molecule has 0 spiro atoms. The second-order valence-electron chi connectivity index (χ2n) is 4.86. The van der Waals surface area contributed by atoms with Gasteiger partial charge in [0, 0.05) is 17.1 Å². The zero-order valence-electron chi connectivity index (χ0n) is 11.6. The van der Waals surface area contributed by atoms with Crippen LogP contribution in [0.1, 0.15) is 11.0 Å². The molecule has 0 saturated carbocycles. The Morgan fingerprint density at radius 3 is 2.24 bits per heavy atom. The maximum absolute atomic E-state index is 10.1. The van der Waals surface area contributed by atoms with Crippen molar-refractivity contribution in [1.29, 1.82) is 0 Å². The summed E-state index contributed by atoms with van der Waals surface area (Å²) in [5.41, 5.74) is 3.42. The first-order valence-corrected chi connectivity index (χ1v) is 7.82. The lowest BCUT2D eigenvalue weighted by Gasteiger charge is -2.12. The summed E-state index contributed by atoms with van der Waals surface area (Å²) in [4.78, 5) is 0.989. The highest BCUT2D eigenvalue weighted by molar-refractivity contribution is 7.10. The highest BCUT2D eigenvalue weighted by Gasteiger charge is 2.07. The van der Waals surface area contributed by atoms with Gasteiger partial charge in [0.2, 0.25) is 0 Å².